The maximum absolute atomic E-state index is 6.02. The van der Waals surface area contributed by atoms with Gasteiger partial charge in [0.1, 0.15) is 0 Å². The van der Waals surface area contributed by atoms with Gasteiger partial charge in [-0.2, -0.15) is 5.10 Å². The van der Waals surface area contributed by atoms with E-state index in [1.807, 2.05) is 29.1 Å². The topological polar surface area (TPSA) is 43.8 Å². The van der Waals surface area contributed by atoms with Gasteiger partial charge in [-0.1, -0.05) is 25.4 Å². The highest BCUT2D eigenvalue weighted by molar-refractivity contribution is 6.30. The van der Waals surface area contributed by atoms with Gasteiger partial charge in [-0.25, -0.2) is 4.68 Å². The van der Waals surface area contributed by atoms with Crippen molar-refractivity contribution in [1.82, 2.24) is 9.78 Å². The molecular formula is C15H20ClN3. The van der Waals surface area contributed by atoms with Crippen LogP contribution in [0.25, 0.3) is 5.69 Å². The Morgan fingerprint density at radius 2 is 2.11 bits per heavy atom. The first-order valence-electron chi connectivity index (χ1n) is 6.58. The van der Waals surface area contributed by atoms with Crippen LogP contribution in [-0.4, -0.2) is 16.3 Å². The highest BCUT2D eigenvalue weighted by Crippen LogP contribution is 2.26. The van der Waals surface area contributed by atoms with Crippen molar-refractivity contribution in [3.05, 3.63) is 46.2 Å². The molecule has 0 atom stereocenters. The number of nitrogens with zero attached hydrogens (tertiary/aromatic N) is 2. The predicted octanol–water partition coefficient (Wildman–Crippen LogP) is 3.46. The first-order chi connectivity index (χ1) is 9.04. The molecular weight excluding hydrogens is 258 g/mol. The minimum absolute atomic E-state index is 0.402. The molecule has 0 amide bonds. The van der Waals surface area contributed by atoms with Crippen LogP contribution in [-0.2, 0) is 6.42 Å². The van der Waals surface area contributed by atoms with Gasteiger partial charge in [0.15, 0.2) is 0 Å². The number of aryl methyl sites for hydroxylation is 1. The van der Waals surface area contributed by atoms with Crippen LogP contribution in [0.5, 0.6) is 0 Å². The van der Waals surface area contributed by atoms with E-state index in [2.05, 4.69) is 25.9 Å². The Bertz CT molecular complexity index is 573. The Labute approximate surface area is 119 Å². The average Bonchev–Trinajstić information content (AvgIpc) is 2.73. The molecule has 0 bridgehead atoms. The summed E-state index contributed by atoms with van der Waals surface area (Å²) in [6.07, 6.45) is 2.79. The van der Waals surface area contributed by atoms with E-state index >= 15 is 0 Å². The Morgan fingerprint density at radius 3 is 2.68 bits per heavy atom. The number of rotatable bonds is 4. The Hall–Kier alpha value is -1.32. The second kappa shape index (κ2) is 5.76. The molecule has 0 aliphatic rings. The molecule has 1 aromatic heterocycles. The summed E-state index contributed by atoms with van der Waals surface area (Å²) < 4.78 is 2.02. The van der Waals surface area contributed by atoms with E-state index in [4.69, 9.17) is 17.3 Å². The molecule has 2 N–H and O–H groups in total. The summed E-state index contributed by atoms with van der Waals surface area (Å²) in [5.41, 5.74) is 10.3. The van der Waals surface area contributed by atoms with Crippen LogP contribution in [0.2, 0.25) is 5.02 Å². The average molecular weight is 278 g/mol. The summed E-state index contributed by atoms with van der Waals surface area (Å²) in [6, 6.07) is 5.88. The van der Waals surface area contributed by atoms with Crippen LogP contribution in [0.1, 0.15) is 36.6 Å². The van der Waals surface area contributed by atoms with Crippen molar-refractivity contribution in [2.24, 2.45) is 5.73 Å². The molecule has 0 spiro atoms. The molecule has 1 heterocycles. The molecule has 0 saturated carbocycles. The molecule has 0 radical (unpaired) electrons. The molecule has 2 aromatic rings. The lowest BCUT2D eigenvalue weighted by Crippen LogP contribution is -2.09. The molecule has 3 nitrogen and oxygen atoms in total. The maximum atomic E-state index is 6.02. The fourth-order valence-corrected chi connectivity index (χ4v) is 2.63. The van der Waals surface area contributed by atoms with Gasteiger partial charge in [0.05, 0.1) is 17.6 Å². The smallest absolute Gasteiger partial charge is 0.0679 e. The summed E-state index contributed by atoms with van der Waals surface area (Å²) in [7, 11) is 0. The molecule has 102 valence electrons. The third-order valence-corrected chi connectivity index (χ3v) is 3.47. The van der Waals surface area contributed by atoms with Gasteiger partial charge in [0, 0.05) is 5.02 Å². The van der Waals surface area contributed by atoms with Crippen LogP contribution >= 0.6 is 11.6 Å². The van der Waals surface area contributed by atoms with Crippen molar-refractivity contribution in [3.63, 3.8) is 0 Å². The SMILES string of the molecule is Cc1cc(Cl)ccc1-n1ncc(CCN)c1C(C)C. The molecule has 2 rings (SSSR count). The Balaban J connectivity index is 2.55. The lowest BCUT2D eigenvalue weighted by Gasteiger charge is -2.14. The number of halogens is 1. The van der Waals surface area contributed by atoms with Gasteiger partial charge in [-0.3, -0.25) is 0 Å². The standard InChI is InChI=1S/C15H20ClN3/c1-10(2)15-12(6-7-17)9-18-19(15)14-5-4-13(16)8-11(14)3/h4-5,8-10H,6-7,17H2,1-3H3. The van der Waals surface area contributed by atoms with E-state index in [9.17, 15) is 0 Å². The van der Waals surface area contributed by atoms with Gasteiger partial charge < -0.3 is 5.73 Å². The van der Waals surface area contributed by atoms with Crippen LogP contribution in [0.3, 0.4) is 0 Å². The summed E-state index contributed by atoms with van der Waals surface area (Å²) in [6.45, 7) is 7.05. The summed E-state index contributed by atoms with van der Waals surface area (Å²) in [4.78, 5) is 0. The van der Waals surface area contributed by atoms with E-state index in [1.165, 1.54) is 11.3 Å². The minimum Gasteiger partial charge on any atom is -0.330 e. The van der Waals surface area contributed by atoms with E-state index in [-0.39, 0.29) is 0 Å². The van der Waals surface area contributed by atoms with E-state index in [0.29, 0.717) is 12.5 Å². The van der Waals surface area contributed by atoms with Crippen molar-refractivity contribution in [1.29, 1.82) is 0 Å². The van der Waals surface area contributed by atoms with Crippen LogP contribution in [0.15, 0.2) is 24.4 Å². The molecule has 0 aliphatic heterocycles. The number of hydrogen-bond acceptors (Lipinski definition) is 2. The highest BCUT2D eigenvalue weighted by Gasteiger charge is 2.16. The van der Waals surface area contributed by atoms with Crippen molar-refractivity contribution in [2.45, 2.75) is 33.1 Å². The van der Waals surface area contributed by atoms with Crippen LogP contribution in [0, 0.1) is 6.92 Å². The minimum atomic E-state index is 0.402. The van der Waals surface area contributed by atoms with Gasteiger partial charge in [0.25, 0.3) is 0 Å². The largest absolute Gasteiger partial charge is 0.330 e. The van der Waals surface area contributed by atoms with E-state index in [0.717, 1.165) is 22.7 Å². The van der Waals surface area contributed by atoms with Crippen molar-refractivity contribution >= 4 is 11.6 Å². The molecule has 0 fully saturated rings. The van der Waals surface area contributed by atoms with Crippen molar-refractivity contribution in [3.8, 4) is 5.69 Å². The zero-order chi connectivity index (χ0) is 14.0. The number of aromatic nitrogens is 2. The summed E-state index contributed by atoms with van der Waals surface area (Å²) >= 11 is 6.02. The normalized spacial score (nSPS) is 11.3. The van der Waals surface area contributed by atoms with Crippen LogP contribution in [0.4, 0.5) is 0 Å². The first kappa shape index (κ1) is 14.1. The Kier molecular flexibility index (Phi) is 4.27. The quantitative estimate of drug-likeness (QED) is 0.930. The number of nitrogens with two attached hydrogens (primary N) is 1. The third-order valence-electron chi connectivity index (χ3n) is 3.23. The molecule has 0 saturated heterocycles. The zero-order valence-electron chi connectivity index (χ0n) is 11.7. The lowest BCUT2D eigenvalue weighted by molar-refractivity contribution is 0.721. The number of benzene rings is 1. The van der Waals surface area contributed by atoms with Gasteiger partial charge in [-0.15, -0.1) is 0 Å². The first-order valence-corrected chi connectivity index (χ1v) is 6.95. The molecule has 0 aliphatic carbocycles. The molecule has 1 aromatic carbocycles. The number of hydrogen-bond donors (Lipinski definition) is 1. The van der Waals surface area contributed by atoms with Crippen molar-refractivity contribution in [2.75, 3.05) is 6.54 Å². The fraction of sp³-hybridized carbons (Fsp3) is 0.400. The monoisotopic (exact) mass is 277 g/mol. The predicted molar refractivity (Wildman–Crippen MR) is 80.2 cm³/mol. The van der Waals surface area contributed by atoms with E-state index in [1.54, 1.807) is 0 Å². The zero-order valence-corrected chi connectivity index (χ0v) is 12.4. The van der Waals surface area contributed by atoms with Crippen LogP contribution < -0.4 is 5.73 Å². The van der Waals surface area contributed by atoms with Gasteiger partial charge in [-0.05, 0) is 55.1 Å². The Morgan fingerprint density at radius 1 is 1.37 bits per heavy atom. The summed E-state index contributed by atoms with van der Waals surface area (Å²) in [5, 5.41) is 5.29. The molecule has 19 heavy (non-hydrogen) atoms. The summed E-state index contributed by atoms with van der Waals surface area (Å²) in [5.74, 6) is 0.402. The van der Waals surface area contributed by atoms with E-state index < -0.39 is 0 Å². The van der Waals surface area contributed by atoms with Crippen molar-refractivity contribution < 1.29 is 0 Å². The molecule has 4 heteroatoms. The van der Waals surface area contributed by atoms with Gasteiger partial charge >= 0.3 is 0 Å². The maximum Gasteiger partial charge on any atom is 0.0679 e. The highest BCUT2D eigenvalue weighted by atomic mass is 35.5. The fourth-order valence-electron chi connectivity index (χ4n) is 2.40. The van der Waals surface area contributed by atoms with Gasteiger partial charge in [0.2, 0.25) is 0 Å². The third kappa shape index (κ3) is 2.82. The lowest BCUT2D eigenvalue weighted by atomic mass is 10.0. The molecule has 0 unspecified atom stereocenters. The second-order valence-electron chi connectivity index (χ2n) is 5.09. The second-order valence-corrected chi connectivity index (χ2v) is 5.53.